The summed E-state index contributed by atoms with van der Waals surface area (Å²) in [5.41, 5.74) is -1.37. The highest BCUT2D eigenvalue weighted by molar-refractivity contribution is 4.93. The van der Waals surface area contributed by atoms with Gasteiger partial charge in [0.25, 0.3) is 0 Å². The Morgan fingerprint density at radius 2 is 1.13 bits per heavy atom. The molecular weight excluding hydrogens is 381 g/mol. The van der Waals surface area contributed by atoms with E-state index in [0.717, 1.165) is 50.9 Å². The molecule has 0 aromatic rings. The SMILES string of the molecule is CCCCCCCC1CCC(C2CCC(CCCCCCC)(C(F)(F)F)CC2)CC1. The molecule has 2 aliphatic rings. The van der Waals surface area contributed by atoms with Gasteiger partial charge in [0.1, 0.15) is 0 Å². The topological polar surface area (TPSA) is 0 Å². The smallest absolute Gasteiger partial charge is 0.171 e. The maximum atomic E-state index is 14.0. The minimum absolute atomic E-state index is 0.373. The van der Waals surface area contributed by atoms with Crippen LogP contribution < -0.4 is 0 Å². The molecule has 3 heteroatoms. The van der Waals surface area contributed by atoms with E-state index in [2.05, 4.69) is 13.8 Å². The second kappa shape index (κ2) is 13.4. The van der Waals surface area contributed by atoms with Gasteiger partial charge in [0.15, 0.2) is 0 Å². The van der Waals surface area contributed by atoms with Crippen LogP contribution in [-0.2, 0) is 0 Å². The van der Waals surface area contributed by atoms with Crippen LogP contribution in [0.5, 0.6) is 0 Å². The number of hydrogen-bond donors (Lipinski definition) is 0. The van der Waals surface area contributed by atoms with Crippen LogP contribution in [0, 0.1) is 23.2 Å². The Hall–Kier alpha value is -0.210. The Morgan fingerprint density at radius 1 is 0.633 bits per heavy atom. The largest absolute Gasteiger partial charge is 0.394 e. The van der Waals surface area contributed by atoms with E-state index in [0.29, 0.717) is 31.1 Å². The second-order valence-electron chi connectivity index (χ2n) is 10.8. The molecule has 30 heavy (non-hydrogen) atoms. The zero-order valence-electron chi connectivity index (χ0n) is 20.0. The molecule has 0 aromatic heterocycles. The second-order valence-corrected chi connectivity index (χ2v) is 10.8. The van der Waals surface area contributed by atoms with Crippen LogP contribution in [0.3, 0.4) is 0 Å². The van der Waals surface area contributed by atoms with E-state index in [4.69, 9.17) is 0 Å². The van der Waals surface area contributed by atoms with E-state index >= 15 is 0 Å². The molecule has 0 N–H and O–H groups in total. The molecule has 0 aliphatic heterocycles. The summed E-state index contributed by atoms with van der Waals surface area (Å²) in [6.45, 7) is 4.42. The summed E-state index contributed by atoms with van der Waals surface area (Å²) in [5.74, 6) is 2.16. The molecular formula is C27H49F3. The number of unbranched alkanes of at least 4 members (excludes halogenated alkanes) is 8. The Labute approximate surface area is 185 Å². The maximum Gasteiger partial charge on any atom is 0.394 e. The molecule has 0 atom stereocenters. The van der Waals surface area contributed by atoms with Crippen LogP contribution in [0.2, 0.25) is 0 Å². The van der Waals surface area contributed by atoms with Crippen molar-refractivity contribution in [2.45, 2.75) is 148 Å². The van der Waals surface area contributed by atoms with Gasteiger partial charge in [-0.05, 0) is 62.7 Å². The van der Waals surface area contributed by atoms with Crippen molar-refractivity contribution in [2.75, 3.05) is 0 Å². The third-order valence-electron chi connectivity index (χ3n) is 8.62. The van der Waals surface area contributed by atoms with Crippen LogP contribution in [-0.4, -0.2) is 6.18 Å². The van der Waals surface area contributed by atoms with E-state index in [-0.39, 0.29) is 0 Å². The fraction of sp³-hybridized carbons (Fsp3) is 1.00. The maximum absolute atomic E-state index is 14.0. The van der Waals surface area contributed by atoms with Crippen molar-refractivity contribution in [3.63, 3.8) is 0 Å². The lowest BCUT2D eigenvalue weighted by Gasteiger charge is -2.44. The monoisotopic (exact) mass is 430 g/mol. The molecule has 0 heterocycles. The molecule has 0 aromatic carbocycles. The first-order valence-corrected chi connectivity index (χ1v) is 13.5. The van der Waals surface area contributed by atoms with Crippen molar-refractivity contribution < 1.29 is 13.2 Å². The fourth-order valence-corrected chi connectivity index (χ4v) is 6.39. The highest BCUT2D eigenvalue weighted by Crippen LogP contribution is 2.55. The summed E-state index contributed by atoms with van der Waals surface area (Å²) in [7, 11) is 0. The first-order valence-electron chi connectivity index (χ1n) is 13.5. The molecule has 2 rings (SSSR count). The molecule has 0 saturated heterocycles. The molecule has 0 nitrogen and oxygen atoms in total. The molecule has 0 radical (unpaired) electrons. The molecule has 0 unspecified atom stereocenters. The molecule has 2 fully saturated rings. The van der Waals surface area contributed by atoms with Gasteiger partial charge in [-0.25, -0.2) is 0 Å². The van der Waals surface area contributed by atoms with Gasteiger partial charge in [-0.2, -0.15) is 13.2 Å². The third kappa shape index (κ3) is 8.05. The van der Waals surface area contributed by atoms with E-state index in [9.17, 15) is 13.2 Å². The Morgan fingerprint density at radius 3 is 1.67 bits per heavy atom. The van der Waals surface area contributed by atoms with Crippen molar-refractivity contribution in [1.29, 1.82) is 0 Å². The highest BCUT2D eigenvalue weighted by atomic mass is 19.4. The lowest BCUT2D eigenvalue weighted by Crippen LogP contribution is -2.42. The summed E-state index contributed by atoms with van der Waals surface area (Å²) in [6.07, 6.45) is 17.3. The zero-order chi connectivity index (χ0) is 21.9. The molecule has 0 amide bonds. The number of rotatable bonds is 13. The third-order valence-corrected chi connectivity index (χ3v) is 8.62. The minimum Gasteiger partial charge on any atom is -0.171 e. The van der Waals surface area contributed by atoms with E-state index < -0.39 is 11.6 Å². The van der Waals surface area contributed by atoms with Gasteiger partial charge in [0.2, 0.25) is 0 Å². The Balaban J connectivity index is 1.71. The van der Waals surface area contributed by atoms with Crippen molar-refractivity contribution >= 4 is 0 Å². The van der Waals surface area contributed by atoms with Crippen LogP contribution in [0.1, 0.15) is 142 Å². The summed E-state index contributed by atoms with van der Waals surface area (Å²) in [6, 6.07) is 0. The van der Waals surface area contributed by atoms with Crippen molar-refractivity contribution in [1.82, 2.24) is 0 Å². The number of halogens is 3. The van der Waals surface area contributed by atoms with E-state index in [1.54, 1.807) is 0 Å². The first-order chi connectivity index (χ1) is 14.4. The number of alkyl halides is 3. The molecule has 0 bridgehead atoms. The van der Waals surface area contributed by atoms with Crippen molar-refractivity contribution in [3.05, 3.63) is 0 Å². The van der Waals surface area contributed by atoms with Gasteiger partial charge >= 0.3 is 6.18 Å². The summed E-state index contributed by atoms with van der Waals surface area (Å²) >= 11 is 0. The van der Waals surface area contributed by atoms with Gasteiger partial charge in [-0.15, -0.1) is 0 Å². The zero-order valence-corrected chi connectivity index (χ0v) is 20.0. The van der Waals surface area contributed by atoms with Gasteiger partial charge in [-0.3, -0.25) is 0 Å². The summed E-state index contributed by atoms with van der Waals surface area (Å²) < 4.78 is 42.0. The lowest BCUT2D eigenvalue weighted by molar-refractivity contribution is -0.241. The predicted molar refractivity (Wildman–Crippen MR) is 123 cm³/mol. The Kier molecular flexibility index (Phi) is 11.6. The van der Waals surface area contributed by atoms with Gasteiger partial charge < -0.3 is 0 Å². The van der Waals surface area contributed by atoms with Crippen LogP contribution in [0.25, 0.3) is 0 Å². The van der Waals surface area contributed by atoms with Crippen LogP contribution in [0.4, 0.5) is 13.2 Å². The van der Waals surface area contributed by atoms with Crippen molar-refractivity contribution in [3.8, 4) is 0 Å². The van der Waals surface area contributed by atoms with Crippen LogP contribution >= 0.6 is 0 Å². The summed E-state index contributed by atoms with van der Waals surface area (Å²) in [4.78, 5) is 0. The van der Waals surface area contributed by atoms with Gasteiger partial charge in [0.05, 0.1) is 5.41 Å². The van der Waals surface area contributed by atoms with Gasteiger partial charge in [0, 0.05) is 0 Å². The Bertz CT molecular complexity index is 426. The first kappa shape index (κ1) is 26.0. The molecule has 178 valence electrons. The number of hydrogen-bond acceptors (Lipinski definition) is 0. The average Bonchev–Trinajstić information content (AvgIpc) is 2.74. The molecule has 2 aliphatic carbocycles. The normalized spacial score (nSPS) is 30.5. The quantitative estimate of drug-likeness (QED) is 0.255. The predicted octanol–water partition coefficient (Wildman–Crippen LogP) is 10.3. The highest BCUT2D eigenvalue weighted by Gasteiger charge is 2.55. The van der Waals surface area contributed by atoms with Crippen LogP contribution in [0.15, 0.2) is 0 Å². The molecule has 0 spiro atoms. The van der Waals surface area contributed by atoms with Crippen molar-refractivity contribution in [2.24, 2.45) is 23.2 Å². The van der Waals surface area contributed by atoms with E-state index in [1.807, 2.05) is 0 Å². The van der Waals surface area contributed by atoms with Gasteiger partial charge in [-0.1, -0.05) is 97.3 Å². The lowest BCUT2D eigenvalue weighted by atomic mass is 9.62. The van der Waals surface area contributed by atoms with E-state index in [1.165, 1.54) is 64.2 Å². The average molecular weight is 431 g/mol. The minimum atomic E-state index is -4.02. The standard InChI is InChI=1S/C27H49F3/c1-3-5-7-9-11-13-23-14-16-24(17-15-23)25-18-21-26(22-19-25,27(28,29)30)20-12-10-8-6-4-2/h23-25H,3-22H2,1-2H3. The summed E-state index contributed by atoms with van der Waals surface area (Å²) in [5, 5.41) is 0. The molecule has 2 saturated carbocycles. The fourth-order valence-electron chi connectivity index (χ4n) is 6.39.